The Kier molecular flexibility index (Phi) is 5.20. The monoisotopic (exact) mass is 301 g/mol. The number of rotatable bonds is 6. The van der Waals surface area contributed by atoms with Crippen LogP contribution in [0.1, 0.15) is 22.5 Å². The number of benzene rings is 1. The number of ether oxygens (including phenoxy) is 1. The van der Waals surface area contributed by atoms with Gasteiger partial charge in [0.25, 0.3) is 0 Å². The molecule has 0 unspecified atom stereocenters. The van der Waals surface area contributed by atoms with E-state index in [4.69, 9.17) is 4.74 Å². The molecule has 22 heavy (non-hydrogen) atoms. The predicted octanol–water partition coefficient (Wildman–Crippen LogP) is 2.08. The van der Waals surface area contributed by atoms with Crippen LogP contribution in [0.15, 0.2) is 24.3 Å². The molecule has 0 aliphatic carbocycles. The quantitative estimate of drug-likeness (QED) is 0.831. The normalized spacial score (nSPS) is 10.5. The molecule has 5 nitrogen and oxygen atoms in total. The maximum Gasteiger partial charge on any atom is 0.224 e. The maximum atomic E-state index is 12.0. The summed E-state index contributed by atoms with van der Waals surface area (Å²) in [6, 6.07) is 7.87. The van der Waals surface area contributed by atoms with Gasteiger partial charge in [-0.15, -0.1) is 0 Å². The largest absolute Gasteiger partial charge is 0.492 e. The lowest BCUT2D eigenvalue weighted by atomic mass is 10.1. The molecular formula is C17H23N3O2. The first-order valence-electron chi connectivity index (χ1n) is 7.42. The van der Waals surface area contributed by atoms with Gasteiger partial charge in [0.1, 0.15) is 12.4 Å². The predicted molar refractivity (Wildman–Crippen MR) is 86.1 cm³/mol. The van der Waals surface area contributed by atoms with Crippen LogP contribution in [0.5, 0.6) is 5.75 Å². The van der Waals surface area contributed by atoms with Gasteiger partial charge in [-0.2, -0.15) is 5.10 Å². The second kappa shape index (κ2) is 7.11. The SMILES string of the molecule is Cc1cccc(OCCNC(=O)Cc2c(C)nn(C)c2C)c1. The maximum absolute atomic E-state index is 12.0. The van der Waals surface area contributed by atoms with Crippen molar-refractivity contribution in [3.8, 4) is 5.75 Å². The van der Waals surface area contributed by atoms with Gasteiger partial charge >= 0.3 is 0 Å². The fourth-order valence-electron chi connectivity index (χ4n) is 2.36. The average molecular weight is 301 g/mol. The Bertz CT molecular complexity index is 662. The molecule has 0 aliphatic rings. The average Bonchev–Trinajstić information content (AvgIpc) is 2.70. The van der Waals surface area contributed by atoms with Crippen molar-refractivity contribution in [2.24, 2.45) is 7.05 Å². The van der Waals surface area contributed by atoms with Gasteiger partial charge in [-0.3, -0.25) is 9.48 Å². The van der Waals surface area contributed by atoms with Crippen molar-refractivity contribution >= 4 is 5.91 Å². The number of hydrogen-bond acceptors (Lipinski definition) is 3. The zero-order valence-electron chi connectivity index (χ0n) is 13.6. The summed E-state index contributed by atoms with van der Waals surface area (Å²) in [5.74, 6) is 0.820. The third kappa shape index (κ3) is 4.10. The van der Waals surface area contributed by atoms with Crippen molar-refractivity contribution in [3.63, 3.8) is 0 Å². The number of aromatic nitrogens is 2. The number of carbonyl (C=O) groups is 1. The van der Waals surface area contributed by atoms with Crippen molar-refractivity contribution in [2.45, 2.75) is 27.2 Å². The lowest BCUT2D eigenvalue weighted by Gasteiger charge is -2.08. The van der Waals surface area contributed by atoms with Crippen LogP contribution in [-0.4, -0.2) is 28.8 Å². The fourth-order valence-corrected chi connectivity index (χ4v) is 2.36. The summed E-state index contributed by atoms with van der Waals surface area (Å²) in [5.41, 5.74) is 4.10. The summed E-state index contributed by atoms with van der Waals surface area (Å²) in [5, 5.41) is 7.20. The summed E-state index contributed by atoms with van der Waals surface area (Å²) in [6.45, 7) is 6.87. The molecule has 0 radical (unpaired) electrons. The van der Waals surface area contributed by atoms with Gasteiger partial charge in [0.2, 0.25) is 5.91 Å². The second-order valence-corrected chi connectivity index (χ2v) is 5.46. The van der Waals surface area contributed by atoms with Crippen LogP contribution in [0.3, 0.4) is 0 Å². The molecule has 0 aliphatic heterocycles. The van der Waals surface area contributed by atoms with Gasteiger partial charge in [0, 0.05) is 18.3 Å². The van der Waals surface area contributed by atoms with E-state index in [-0.39, 0.29) is 5.91 Å². The van der Waals surface area contributed by atoms with Crippen molar-refractivity contribution in [2.75, 3.05) is 13.2 Å². The first-order chi connectivity index (χ1) is 10.5. The Hall–Kier alpha value is -2.30. The van der Waals surface area contributed by atoms with Gasteiger partial charge < -0.3 is 10.1 Å². The Morgan fingerprint density at radius 3 is 2.73 bits per heavy atom. The van der Waals surface area contributed by atoms with Crippen LogP contribution in [0.25, 0.3) is 0 Å². The van der Waals surface area contributed by atoms with E-state index >= 15 is 0 Å². The van der Waals surface area contributed by atoms with E-state index in [0.717, 1.165) is 28.3 Å². The van der Waals surface area contributed by atoms with E-state index in [0.29, 0.717) is 19.6 Å². The first-order valence-corrected chi connectivity index (χ1v) is 7.42. The highest BCUT2D eigenvalue weighted by atomic mass is 16.5. The molecule has 2 rings (SSSR count). The molecule has 0 saturated heterocycles. The number of nitrogens with zero attached hydrogens (tertiary/aromatic N) is 2. The minimum atomic E-state index is -0.00737. The summed E-state index contributed by atoms with van der Waals surface area (Å²) in [7, 11) is 1.89. The summed E-state index contributed by atoms with van der Waals surface area (Å²) in [6.07, 6.45) is 0.357. The number of nitrogens with one attached hydrogen (secondary N) is 1. The summed E-state index contributed by atoms with van der Waals surface area (Å²) in [4.78, 5) is 12.0. The smallest absolute Gasteiger partial charge is 0.224 e. The standard InChI is InChI=1S/C17H23N3O2/c1-12-6-5-7-15(10-12)22-9-8-18-17(21)11-16-13(2)19-20(4)14(16)3/h5-7,10H,8-9,11H2,1-4H3,(H,18,21). The van der Waals surface area contributed by atoms with Crippen LogP contribution in [0.4, 0.5) is 0 Å². The minimum absolute atomic E-state index is 0.00737. The van der Waals surface area contributed by atoms with Crippen LogP contribution in [-0.2, 0) is 18.3 Å². The van der Waals surface area contributed by atoms with E-state index in [1.165, 1.54) is 0 Å². The van der Waals surface area contributed by atoms with Crippen molar-refractivity contribution in [1.29, 1.82) is 0 Å². The summed E-state index contributed by atoms with van der Waals surface area (Å²) >= 11 is 0. The molecule has 1 heterocycles. The van der Waals surface area contributed by atoms with E-state index in [1.54, 1.807) is 4.68 Å². The summed E-state index contributed by atoms with van der Waals surface area (Å²) < 4.78 is 7.41. The molecule has 1 aromatic carbocycles. The van der Waals surface area contributed by atoms with Crippen LogP contribution >= 0.6 is 0 Å². The third-order valence-electron chi connectivity index (χ3n) is 3.68. The molecular weight excluding hydrogens is 278 g/mol. The van der Waals surface area contributed by atoms with Crippen LogP contribution < -0.4 is 10.1 Å². The van der Waals surface area contributed by atoms with Crippen LogP contribution in [0, 0.1) is 20.8 Å². The number of aryl methyl sites for hydroxylation is 3. The molecule has 0 atom stereocenters. The lowest BCUT2D eigenvalue weighted by Crippen LogP contribution is -2.29. The molecule has 5 heteroatoms. The Labute approximate surface area is 131 Å². The molecule has 0 saturated carbocycles. The zero-order valence-corrected chi connectivity index (χ0v) is 13.6. The van der Waals surface area contributed by atoms with Gasteiger partial charge in [0.15, 0.2) is 0 Å². The highest BCUT2D eigenvalue weighted by molar-refractivity contribution is 5.79. The topological polar surface area (TPSA) is 56.1 Å². The Morgan fingerprint density at radius 2 is 2.09 bits per heavy atom. The van der Waals surface area contributed by atoms with Crippen molar-refractivity contribution < 1.29 is 9.53 Å². The Morgan fingerprint density at radius 1 is 1.32 bits per heavy atom. The number of carbonyl (C=O) groups excluding carboxylic acids is 1. The zero-order chi connectivity index (χ0) is 16.1. The van der Waals surface area contributed by atoms with E-state index in [9.17, 15) is 4.79 Å². The molecule has 1 amide bonds. The van der Waals surface area contributed by atoms with Crippen molar-refractivity contribution in [3.05, 3.63) is 46.8 Å². The highest BCUT2D eigenvalue weighted by Gasteiger charge is 2.13. The molecule has 1 N–H and O–H groups in total. The molecule has 0 fully saturated rings. The minimum Gasteiger partial charge on any atom is -0.492 e. The lowest BCUT2D eigenvalue weighted by molar-refractivity contribution is -0.120. The molecule has 1 aromatic heterocycles. The Balaban J connectivity index is 1.76. The van der Waals surface area contributed by atoms with Gasteiger partial charge in [-0.25, -0.2) is 0 Å². The molecule has 118 valence electrons. The number of amides is 1. The first kappa shape index (κ1) is 16.1. The van der Waals surface area contributed by atoms with Gasteiger partial charge in [-0.1, -0.05) is 12.1 Å². The number of hydrogen-bond donors (Lipinski definition) is 1. The fraction of sp³-hybridized carbons (Fsp3) is 0.412. The second-order valence-electron chi connectivity index (χ2n) is 5.46. The van der Waals surface area contributed by atoms with E-state index in [2.05, 4.69) is 10.4 Å². The molecule has 0 spiro atoms. The van der Waals surface area contributed by atoms with Gasteiger partial charge in [-0.05, 0) is 38.5 Å². The third-order valence-corrected chi connectivity index (χ3v) is 3.68. The molecule has 2 aromatic rings. The van der Waals surface area contributed by atoms with Gasteiger partial charge in [0.05, 0.1) is 18.7 Å². The highest BCUT2D eigenvalue weighted by Crippen LogP contribution is 2.13. The van der Waals surface area contributed by atoms with E-state index < -0.39 is 0 Å². The van der Waals surface area contributed by atoms with Crippen LogP contribution in [0.2, 0.25) is 0 Å². The molecule has 0 bridgehead atoms. The van der Waals surface area contributed by atoms with E-state index in [1.807, 2.05) is 52.1 Å². The van der Waals surface area contributed by atoms with Crippen molar-refractivity contribution in [1.82, 2.24) is 15.1 Å².